The smallest absolute Gasteiger partial charge is 0.149 e. The Balaban J connectivity index is 3.23. The van der Waals surface area contributed by atoms with E-state index in [1.165, 1.54) is 0 Å². The Morgan fingerprint density at radius 1 is 1.45 bits per heavy atom. The molecule has 0 aliphatic heterocycles. The third kappa shape index (κ3) is 2.19. The Labute approximate surface area is 77.3 Å². The van der Waals surface area contributed by atoms with Gasteiger partial charge in [0.15, 0.2) is 0 Å². The Morgan fingerprint density at radius 3 is 2.55 bits per heavy atom. The van der Waals surface area contributed by atoms with Gasteiger partial charge in [-0.2, -0.15) is 0 Å². The monoisotopic (exact) mass is 208 g/mol. The molecule has 1 atom stereocenters. The molecule has 4 heteroatoms. The highest BCUT2D eigenvalue weighted by Gasteiger charge is 2.04. The minimum Gasteiger partial charge on any atom is -0.237 e. The van der Waals surface area contributed by atoms with E-state index in [9.17, 15) is 4.21 Å². The first-order valence-corrected chi connectivity index (χ1v) is 5.31. The summed E-state index contributed by atoms with van der Waals surface area (Å²) in [6.45, 7) is 1.89. The summed E-state index contributed by atoms with van der Waals surface area (Å²) in [4.78, 5) is 0.480. The average molecular weight is 209 g/mol. The van der Waals surface area contributed by atoms with Gasteiger partial charge < -0.3 is 0 Å². The zero-order chi connectivity index (χ0) is 8.43. The molecule has 0 bridgehead atoms. The highest BCUT2D eigenvalue weighted by Crippen LogP contribution is 2.22. The van der Waals surface area contributed by atoms with E-state index < -0.39 is 10.0 Å². The van der Waals surface area contributed by atoms with Crippen molar-refractivity contribution < 1.29 is 4.21 Å². The maximum absolute atomic E-state index is 10.8. The zero-order valence-corrected chi connectivity index (χ0v) is 8.13. The van der Waals surface area contributed by atoms with Crippen molar-refractivity contribution in [1.29, 1.82) is 0 Å². The van der Waals surface area contributed by atoms with E-state index in [0.29, 0.717) is 9.92 Å². The summed E-state index contributed by atoms with van der Waals surface area (Å²) in [5, 5.41) is 0.448. The van der Waals surface area contributed by atoms with Crippen molar-refractivity contribution in [1.82, 2.24) is 0 Å². The minimum absolute atomic E-state index is 0.448. The first-order chi connectivity index (χ1) is 5.11. The van der Waals surface area contributed by atoms with Gasteiger partial charge in [-0.1, -0.05) is 17.7 Å². The summed E-state index contributed by atoms with van der Waals surface area (Å²) < 4.78 is 10.8. The first kappa shape index (κ1) is 9.04. The lowest BCUT2D eigenvalue weighted by Gasteiger charge is -1.98. The van der Waals surface area contributed by atoms with E-state index in [1.807, 2.05) is 13.0 Å². The minimum atomic E-state index is -1.51. The van der Waals surface area contributed by atoms with Gasteiger partial charge in [0.25, 0.3) is 0 Å². The quantitative estimate of drug-likeness (QED) is 0.650. The van der Waals surface area contributed by atoms with Crippen LogP contribution in [0.2, 0.25) is 5.02 Å². The molecule has 1 unspecified atom stereocenters. The van der Waals surface area contributed by atoms with Crippen LogP contribution in [0.25, 0.3) is 0 Å². The molecule has 0 amide bonds. The fourth-order valence-electron chi connectivity index (χ4n) is 0.734. The maximum atomic E-state index is 10.8. The van der Waals surface area contributed by atoms with Crippen LogP contribution in [-0.4, -0.2) is 4.21 Å². The Hall–Kier alpha value is -0.0500. The topological polar surface area (TPSA) is 17.1 Å². The van der Waals surface area contributed by atoms with E-state index in [2.05, 4.69) is 0 Å². The molecule has 1 aromatic carbocycles. The molecule has 0 N–H and O–H groups in total. The number of benzene rings is 1. The molecule has 0 aliphatic rings. The van der Waals surface area contributed by atoms with Crippen LogP contribution in [0.3, 0.4) is 0 Å². The molecule has 0 aromatic heterocycles. The van der Waals surface area contributed by atoms with Crippen LogP contribution in [0.4, 0.5) is 0 Å². The summed E-state index contributed by atoms with van der Waals surface area (Å²) >= 11 is 5.71. The number of halogens is 2. The van der Waals surface area contributed by atoms with Crippen LogP contribution in [0, 0.1) is 6.92 Å². The second-order valence-electron chi connectivity index (χ2n) is 2.16. The molecule has 0 saturated heterocycles. The molecule has 1 aromatic rings. The summed E-state index contributed by atoms with van der Waals surface area (Å²) in [6, 6.07) is 5.24. The predicted octanol–water partition coefficient (Wildman–Crippen LogP) is 2.91. The Morgan fingerprint density at radius 2 is 2.09 bits per heavy atom. The molecular weight excluding hydrogens is 203 g/mol. The first-order valence-electron chi connectivity index (χ1n) is 2.95. The van der Waals surface area contributed by atoms with Gasteiger partial charge in [-0.15, -0.1) is 0 Å². The van der Waals surface area contributed by atoms with Gasteiger partial charge in [0.05, 0.1) is 9.92 Å². The Kier molecular flexibility index (Phi) is 2.93. The summed E-state index contributed by atoms with van der Waals surface area (Å²) in [5.74, 6) is 0. The molecule has 11 heavy (non-hydrogen) atoms. The molecule has 0 saturated carbocycles. The lowest BCUT2D eigenvalue weighted by molar-refractivity contribution is 0.691. The van der Waals surface area contributed by atoms with Crippen LogP contribution in [0.1, 0.15) is 5.56 Å². The number of aryl methyl sites for hydroxylation is 1. The van der Waals surface area contributed by atoms with Crippen LogP contribution >= 0.6 is 22.3 Å². The van der Waals surface area contributed by atoms with Gasteiger partial charge >= 0.3 is 0 Å². The lowest BCUT2D eigenvalue weighted by atomic mass is 10.2. The molecular formula is C7H6Cl2OS. The molecule has 1 nitrogen and oxygen atoms in total. The van der Waals surface area contributed by atoms with E-state index in [1.54, 1.807) is 12.1 Å². The predicted molar refractivity (Wildman–Crippen MR) is 48.5 cm³/mol. The molecule has 0 heterocycles. The van der Waals surface area contributed by atoms with Crippen molar-refractivity contribution in [3.8, 4) is 0 Å². The van der Waals surface area contributed by atoms with Crippen molar-refractivity contribution in [3.05, 3.63) is 28.8 Å². The lowest BCUT2D eigenvalue weighted by Crippen LogP contribution is -1.84. The van der Waals surface area contributed by atoms with Gasteiger partial charge in [0, 0.05) is 0 Å². The van der Waals surface area contributed by atoms with Gasteiger partial charge in [-0.25, -0.2) is 4.21 Å². The van der Waals surface area contributed by atoms with Crippen molar-refractivity contribution in [3.63, 3.8) is 0 Å². The third-order valence-corrected chi connectivity index (χ3v) is 2.88. The van der Waals surface area contributed by atoms with Crippen molar-refractivity contribution in [2.75, 3.05) is 0 Å². The maximum Gasteiger partial charge on any atom is 0.149 e. The van der Waals surface area contributed by atoms with Gasteiger partial charge in [-0.05, 0) is 35.3 Å². The van der Waals surface area contributed by atoms with Gasteiger partial charge in [0.2, 0.25) is 0 Å². The molecule has 0 radical (unpaired) electrons. The zero-order valence-electron chi connectivity index (χ0n) is 5.80. The van der Waals surface area contributed by atoms with Crippen LogP contribution < -0.4 is 0 Å². The Bertz CT molecular complexity index is 298. The molecule has 0 spiro atoms. The van der Waals surface area contributed by atoms with Gasteiger partial charge in [-0.3, -0.25) is 0 Å². The summed E-state index contributed by atoms with van der Waals surface area (Å²) in [6.07, 6.45) is 0. The number of hydrogen-bond donors (Lipinski definition) is 0. The standard InChI is InChI=1S/C7H6Cl2OS/c1-5-2-3-6(8)7(4-5)11(9)10/h2-4H,1H3. The highest BCUT2D eigenvalue weighted by atomic mass is 35.7. The number of rotatable bonds is 1. The van der Waals surface area contributed by atoms with E-state index >= 15 is 0 Å². The van der Waals surface area contributed by atoms with Crippen LogP contribution in [-0.2, 0) is 10.0 Å². The third-order valence-electron chi connectivity index (χ3n) is 1.26. The molecule has 60 valence electrons. The fourth-order valence-corrected chi connectivity index (χ4v) is 2.06. The molecule has 1 rings (SSSR count). The SMILES string of the molecule is Cc1ccc(Cl)c(S(=O)Cl)c1. The summed E-state index contributed by atoms with van der Waals surface area (Å²) in [5.41, 5.74) is 0.999. The fraction of sp³-hybridized carbons (Fsp3) is 0.143. The highest BCUT2D eigenvalue weighted by molar-refractivity contribution is 8.08. The van der Waals surface area contributed by atoms with E-state index in [-0.39, 0.29) is 0 Å². The van der Waals surface area contributed by atoms with Crippen LogP contribution in [0.5, 0.6) is 0 Å². The van der Waals surface area contributed by atoms with Crippen molar-refractivity contribution in [2.24, 2.45) is 0 Å². The summed E-state index contributed by atoms with van der Waals surface area (Å²) in [7, 11) is 3.86. The molecule has 0 fully saturated rings. The second-order valence-corrected chi connectivity index (χ2v) is 4.29. The average Bonchev–Trinajstić information content (AvgIpc) is 1.94. The van der Waals surface area contributed by atoms with Gasteiger partial charge in [0.1, 0.15) is 10.0 Å². The largest absolute Gasteiger partial charge is 0.237 e. The number of hydrogen-bond acceptors (Lipinski definition) is 1. The van der Waals surface area contributed by atoms with E-state index in [4.69, 9.17) is 22.3 Å². The van der Waals surface area contributed by atoms with Crippen molar-refractivity contribution >= 4 is 32.3 Å². The normalized spacial score (nSPS) is 13.0. The van der Waals surface area contributed by atoms with Crippen molar-refractivity contribution in [2.45, 2.75) is 11.8 Å². The van der Waals surface area contributed by atoms with E-state index in [0.717, 1.165) is 5.56 Å². The van der Waals surface area contributed by atoms with Crippen LogP contribution in [0.15, 0.2) is 23.1 Å². The molecule has 0 aliphatic carbocycles. The second kappa shape index (κ2) is 3.57.